The molecule has 18 heavy (non-hydrogen) atoms. The molecule has 0 atom stereocenters. The molecule has 0 aliphatic carbocycles. The summed E-state index contributed by atoms with van der Waals surface area (Å²) in [5.74, 6) is 2.00. The summed E-state index contributed by atoms with van der Waals surface area (Å²) >= 11 is 0. The van der Waals surface area contributed by atoms with Gasteiger partial charge in [-0.3, -0.25) is 4.98 Å². The van der Waals surface area contributed by atoms with E-state index in [2.05, 4.69) is 27.2 Å². The first-order valence-electron chi connectivity index (χ1n) is 5.96. The van der Waals surface area contributed by atoms with Gasteiger partial charge >= 0.3 is 0 Å². The van der Waals surface area contributed by atoms with Crippen LogP contribution in [0.2, 0.25) is 0 Å². The Bertz CT molecular complexity index is 539. The van der Waals surface area contributed by atoms with Gasteiger partial charge in [0, 0.05) is 31.4 Å². The van der Waals surface area contributed by atoms with Gasteiger partial charge in [0.05, 0.1) is 0 Å². The van der Waals surface area contributed by atoms with Crippen LogP contribution in [-0.2, 0) is 13.0 Å². The molecule has 2 heterocycles. The quantitative estimate of drug-likeness (QED) is 0.858. The van der Waals surface area contributed by atoms with Gasteiger partial charge in [-0.1, -0.05) is 6.92 Å². The Morgan fingerprint density at radius 1 is 1.33 bits per heavy atom. The zero-order valence-electron chi connectivity index (χ0n) is 10.6. The van der Waals surface area contributed by atoms with E-state index in [9.17, 15) is 0 Å². The molecule has 2 aromatic rings. The van der Waals surface area contributed by atoms with Crippen LogP contribution in [0, 0.1) is 6.92 Å². The summed E-state index contributed by atoms with van der Waals surface area (Å²) in [5.41, 5.74) is 8.08. The van der Waals surface area contributed by atoms with Crippen LogP contribution in [0.15, 0.2) is 24.5 Å². The third-order valence-corrected chi connectivity index (χ3v) is 2.72. The lowest BCUT2D eigenvalue weighted by Gasteiger charge is -2.09. The smallest absolute Gasteiger partial charge is 0.132 e. The molecule has 0 aliphatic heterocycles. The summed E-state index contributed by atoms with van der Waals surface area (Å²) in [6, 6.07) is 3.73. The zero-order chi connectivity index (χ0) is 13.0. The second kappa shape index (κ2) is 5.44. The molecular weight excluding hydrogens is 226 g/mol. The van der Waals surface area contributed by atoms with E-state index >= 15 is 0 Å². The van der Waals surface area contributed by atoms with Gasteiger partial charge in [-0.25, -0.2) is 9.97 Å². The SMILES string of the molecule is CCc1nc(N)cc(NCc2cnccc2C)n1. The minimum Gasteiger partial charge on any atom is -0.384 e. The minimum absolute atomic E-state index is 0.493. The van der Waals surface area contributed by atoms with Gasteiger partial charge in [0.1, 0.15) is 17.5 Å². The molecule has 2 rings (SSSR count). The maximum Gasteiger partial charge on any atom is 0.132 e. The highest BCUT2D eigenvalue weighted by Gasteiger charge is 2.02. The van der Waals surface area contributed by atoms with E-state index in [1.807, 2.05) is 19.2 Å². The Kier molecular flexibility index (Phi) is 3.72. The van der Waals surface area contributed by atoms with Crippen LogP contribution >= 0.6 is 0 Å². The lowest BCUT2D eigenvalue weighted by molar-refractivity contribution is 0.936. The van der Waals surface area contributed by atoms with E-state index in [4.69, 9.17) is 5.73 Å². The number of anilines is 2. The number of aromatic nitrogens is 3. The summed E-state index contributed by atoms with van der Waals surface area (Å²) in [4.78, 5) is 12.6. The van der Waals surface area contributed by atoms with Gasteiger partial charge < -0.3 is 11.1 Å². The summed E-state index contributed by atoms with van der Waals surface area (Å²) in [5, 5.41) is 3.25. The Morgan fingerprint density at radius 2 is 2.17 bits per heavy atom. The third kappa shape index (κ3) is 2.94. The van der Waals surface area contributed by atoms with Crippen LogP contribution in [0.25, 0.3) is 0 Å². The lowest BCUT2D eigenvalue weighted by atomic mass is 10.1. The summed E-state index contributed by atoms with van der Waals surface area (Å²) < 4.78 is 0. The number of hydrogen-bond acceptors (Lipinski definition) is 5. The highest BCUT2D eigenvalue weighted by molar-refractivity contribution is 5.45. The van der Waals surface area contributed by atoms with Crippen molar-refractivity contribution in [2.24, 2.45) is 0 Å². The number of rotatable bonds is 4. The van der Waals surface area contributed by atoms with Crippen LogP contribution in [0.3, 0.4) is 0 Å². The number of pyridine rings is 1. The summed E-state index contributed by atoms with van der Waals surface area (Å²) in [6.07, 6.45) is 4.41. The largest absolute Gasteiger partial charge is 0.384 e. The fraction of sp³-hybridized carbons (Fsp3) is 0.308. The van der Waals surface area contributed by atoms with E-state index in [-0.39, 0.29) is 0 Å². The van der Waals surface area contributed by atoms with Crippen molar-refractivity contribution in [2.75, 3.05) is 11.1 Å². The average Bonchev–Trinajstić information content (AvgIpc) is 2.37. The van der Waals surface area contributed by atoms with Crippen LogP contribution in [0.1, 0.15) is 23.9 Å². The molecule has 94 valence electrons. The standard InChI is InChI=1S/C13H17N5/c1-3-12-17-11(14)6-13(18-12)16-8-10-7-15-5-4-9(10)2/h4-7H,3,8H2,1-2H3,(H3,14,16,17,18). The van der Waals surface area contributed by atoms with Gasteiger partial charge in [0.15, 0.2) is 0 Å². The molecule has 0 bridgehead atoms. The number of nitrogens with two attached hydrogens (primary N) is 1. The van der Waals surface area contributed by atoms with Crippen molar-refractivity contribution in [1.82, 2.24) is 15.0 Å². The molecular formula is C13H17N5. The molecule has 0 amide bonds. The monoisotopic (exact) mass is 243 g/mol. The van der Waals surface area contributed by atoms with Crippen molar-refractivity contribution in [3.63, 3.8) is 0 Å². The molecule has 0 aromatic carbocycles. The number of hydrogen-bond donors (Lipinski definition) is 2. The molecule has 0 radical (unpaired) electrons. The maximum atomic E-state index is 5.73. The van der Waals surface area contributed by atoms with E-state index in [1.165, 1.54) is 5.56 Å². The number of aryl methyl sites for hydroxylation is 2. The molecule has 0 fully saturated rings. The first-order chi connectivity index (χ1) is 8.69. The highest BCUT2D eigenvalue weighted by Crippen LogP contribution is 2.12. The molecule has 2 aromatic heterocycles. The van der Waals surface area contributed by atoms with Crippen molar-refractivity contribution in [3.8, 4) is 0 Å². The average molecular weight is 243 g/mol. The third-order valence-electron chi connectivity index (χ3n) is 2.72. The number of nitrogens with one attached hydrogen (secondary N) is 1. The van der Waals surface area contributed by atoms with E-state index < -0.39 is 0 Å². The lowest BCUT2D eigenvalue weighted by Crippen LogP contribution is -2.07. The Hall–Kier alpha value is -2.17. The molecule has 0 aliphatic rings. The van der Waals surface area contributed by atoms with E-state index in [0.29, 0.717) is 12.4 Å². The zero-order valence-corrected chi connectivity index (χ0v) is 10.6. The van der Waals surface area contributed by atoms with Crippen molar-refractivity contribution in [2.45, 2.75) is 26.8 Å². The molecule has 0 unspecified atom stereocenters. The normalized spacial score (nSPS) is 10.3. The molecule has 5 nitrogen and oxygen atoms in total. The number of nitrogen functional groups attached to an aromatic ring is 1. The van der Waals surface area contributed by atoms with Gasteiger partial charge in [-0.15, -0.1) is 0 Å². The molecule has 0 saturated heterocycles. The van der Waals surface area contributed by atoms with Crippen molar-refractivity contribution >= 4 is 11.6 Å². The fourth-order valence-electron chi connectivity index (χ4n) is 1.63. The predicted octanol–water partition coefficient (Wildman–Crippen LogP) is 1.94. The highest BCUT2D eigenvalue weighted by atomic mass is 15.0. The van der Waals surface area contributed by atoms with Gasteiger partial charge in [-0.2, -0.15) is 0 Å². The second-order valence-corrected chi connectivity index (χ2v) is 4.10. The predicted molar refractivity (Wildman–Crippen MR) is 72.1 cm³/mol. The van der Waals surface area contributed by atoms with E-state index in [1.54, 1.807) is 12.3 Å². The second-order valence-electron chi connectivity index (χ2n) is 4.10. The summed E-state index contributed by atoms with van der Waals surface area (Å²) in [6.45, 7) is 4.74. The molecule has 3 N–H and O–H groups in total. The van der Waals surface area contributed by atoms with Crippen molar-refractivity contribution in [3.05, 3.63) is 41.5 Å². The molecule has 5 heteroatoms. The Labute approximate surface area is 106 Å². The van der Waals surface area contributed by atoms with Gasteiger partial charge in [0.25, 0.3) is 0 Å². The van der Waals surface area contributed by atoms with Crippen LogP contribution in [0.5, 0.6) is 0 Å². The summed E-state index contributed by atoms with van der Waals surface area (Å²) in [7, 11) is 0. The number of nitrogens with zero attached hydrogens (tertiary/aromatic N) is 3. The van der Waals surface area contributed by atoms with Crippen LogP contribution in [0.4, 0.5) is 11.6 Å². The first kappa shape index (κ1) is 12.3. The fourth-order valence-corrected chi connectivity index (χ4v) is 1.63. The Morgan fingerprint density at radius 3 is 2.89 bits per heavy atom. The molecule has 0 saturated carbocycles. The van der Waals surface area contributed by atoms with Gasteiger partial charge in [-0.05, 0) is 24.1 Å². The van der Waals surface area contributed by atoms with Crippen LogP contribution < -0.4 is 11.1 Å². The first-order valence-corrected chi connectivity index (χ1v) is 5.96. The van der Waals surface area contributed by atoms with Crippen LogP contribution in [-0.4, -0.2) is 15.0 Å². The van der Waals surface area contributed by atoms with Crippen molar-refractivity contribution in [1.29, 1.82) is 0 Å². The van der Waals surface area contributed by atoms with Crippen molar-refractivity contribution < 1.29 is 0 Å². The molecule has 0 spiro atoms. The minimum atomic E-state index is 0.493. The van der Waals surface area contributed by atoms with Gasteiger partial charge in [0.2, 0.25) is 0 Å². The maximum absolute atomic E-state index is 5.73. The Balaban J connectivity index is 2.11. The van der Waals surface area contributed by atoms with E-state index in [0.717, 1.165) is 23.6 Å². The topological polar surface area (TPSA) is 76.7 Å².